The van der Waals surface area contributed by atoms with Crippen LogP contribution in [0.1, 0.15) is 25.7 Å². The van der Waals surface area contributed by atoms with Gasteiger partial charge in [0.2, 0.25) is 0 Å². The van der Waals surface area contributed by atoms with Gasteiger partial charge in [-0.1, -0.05) is 23.5 Å². The number of alkyl halides is 34. The van der Waals surface area contributed by atoms with Crippen LogP contribution >= 0.6 is 23.5 Å². The molecule has 40 heteroatoms. The van der Waals surface area contributed by atoms with Crippen LogP contribution in [0.4, 0.5) is 149 Å². The van der Waals surface area contributed by atoms with Gasteiger partial charge in [-0.15, -0.1) is 0 Å². The number of carbonyl (C=O) groups is 2. The Bertz CT molecular complexity index is 1540. The van der Waals surface area contributed by atoms with Gasteiger partial charge in [0.15, 0.2) is 0 Å². The molecule has 0 saturated carbocycles. The summed E-state index contributed by atoms with van der Waals surface area (Å²) >= 11 is -7.05. The molecule has 0 unspecified atom stereocenters. The lowest BCUT2D eigenvalue weighted by Crippen LogP contribution is -2.74. The maximum absolute atomic E-state index is 15.0. The highest BCUT2D eigenvalue weighted by molar-refractivity contribution is 8.19. The molecule has 0 aromatic heterocycles. The van der Waals surface area contributed by atoms with Gasteiger partial charge in [-0.3, -0.25) is 9.59 Å². The van der Waals surface area contributed by atoms with Gasteiger partial charge in [-0.05, 0) is 12.8 Å². The lowest BCUT2D eigenvalue weighted by atomic mass is 9.91. The Kier molecular flexibility index (Phi) is 15.5. The van der Waals surface area contributed by atoms with Gasteiger partial charge in [0.05, 0.1) is 4.08 Å². The van der Waals surface area contributed by atoms with Crippen molar-refractivity contribution in [3.63, 3.8) is 0 Å². The highest BCUT2D eigenvalue weighted by Gasteiger charge is 2.97. The van der Waals surface area contributed by atoms with Crippen molar-refractivity contribution >= 4 is 35.5 Å². The van der Waals surface area contributed by atoms with E-state index in [0.717, 1.165) is 0 Å². The normalized spacial score (nSPS) is 16.4. The van der Waals surface area contributed by atoms with Crippen LogP contribution in [-0.2, 0) is 9.59 Å². The Morgan fingerprint density at radius 1 is 0.286 bits per heavy atom. The molecule has 376 valence electrons. The minimum atomic E-state index is -9.52. The highest BCUT2D eigenvalue weighted by atomic mass is 32.2. The Balaban J connectivity index is 8.13. The fourth-order valence-corrected chi connectivity index (χ4v) is 6.90. The number of hydrogen-bond donors (Lipinski definition) is 2. The van der Waals surface area contributed by atoms with Crippen LogP contribution in [0.15, 0.2) is 0 Å². The van der Waals surface area contributed by atoms with Crippen molar-refractivity contribution < 1.29 is 169 Å². The van der Waals surface area contributed by atoms with Crippen molar-refractivity contribution in [2.45, 2.75) is 124 Å². The van der Waals surface area contributed by atoms with Gasteiger partial charge >= 0.3 is 106 Å². The molecular weight excluding hydrogens is 1050 g/mol. The predicted octanol–water partition coefficient (Wildman–Crippen LogP) is 12.8. The fraction of sp³-hybridized carbons (Fsp3) is 0.913. The summed E-state index contributed by atoms with van der Waals surface area (Å²) in [5, 5.41) is 0.781. The van der Waals surface area contributed by atoms with E-state index >= 15 is 0 Å². The lowest BCUT2D eigenvalue weighted by Gasteiger charge is -2.46. The minimum absolute atomic E-state index is 2.67. The van der Waals surface area contributed by atoms with Crippen LogP contribution in [0.3, 0.4) is 0 Å². The molecule has 2 N–H and O–H groups in total. The van der Waals surface area contributed by atoms with E-state index in [0.29, 0.717) is 0 Å². The summed E-state index contributed by atoms with van der Waals surface area (Å²) in [4.78, 5) is 21.9. The van der Waals surface area contributed by atoms with Crippen molar-refractivity contribution in [2.75, 3.05) is 0 Å². The summed E-state index contributed by atoms with van der Waals surface area (Å²) in [6.45, 7) is 0. The first-order valence-electron chi connectivity index (χ1n) is 14.0. The van der Waals surface area contributed by atoms with Crippen molar-refractivity contribution in [3.05, 3.63) is 0 Å². The van der Waals surface area contributed by atoms with E-state index in [2.05, 4.69) is 0 Å². The average Bonchev–Trinajstić information content (AvgIpc) is 3.03. The second-order valence-corrected chi connectivity index (χ2v) is 15.1. The Morgan fingerprint density at radius 3 is 0.603 bits per heavy atom. The SMILES string of the molecule is O=C(O)CCC(CCC(=O)O)(SC(F)(F)C(F)(F)C(F)(F)C(F)(F)C(F)(F)C(F)(F)C(F)(F)C(F)(F)F)SC(F)(F)C(F)(F)C(F)(F)C(F)(F)C(F)(F)C(F)(F)C(F)(F)C(F)(F)F. The average molecular weight is 1060 g/mol. The first kappa shape index (κ1) is 60.3. The molecule has 0 aliphatic carbocycles. The first-order valence-corrected chi connectivity index (χ1v) is 15.6. The predicted molar refractivity (Wildman–Crippen MR) is 133 cm³/mol. The van der Waals surface area contributed by atoms with E-state index in [1.165, 1.54) is 0 Å². The van der Waals surface area contributed by atoms with Crippen LogP contribution in [-0.4, -0.2) is 120 Å². The van der Waals surface area contributed by atoms with Gasteiger partial charge in [-0.2, -0.15) is 149 Å². The Morgan fingerprint density at radius 2 is 0.444 bits per heavy atom. The molecule has 0 aliphatic rings. The summed E-state index contributed by atoms with van der Waals surface area (Å²) in [7, 11) is 0. The second-order valence-electron chi connectivity index (χ2n) is 11.8. The molecule has 0 aromatic carbocycles. The first-order chi connectivity index (χ1) is 26.7. The topological polar surface area (TPSA) is 74.6 Å². The van der Waals surface area contributed by atoms with E-state index < -0.39 is 159 Å². The molecule has 63 heavy (non-hydrogen) atoms. The lowest BCUT2D eigenvalue weighted by molar-refractivity contribution is -0.458. The zero-order valence-corrected chi connectivity index (χ0v) is 29.3. The van der Waals surface area contributed by atoms with Crippen LogP contribution < -0.4 is 0 Å². The monoisotopic (exact) mass is 1060 g/mol. The summed E-state index contributed by atoms with van der Waals surface area (Å²) in [6, 6.07) is 0. The van der Waals surface area contributed by atoms with Crippen molar-refractivity contribution in [2.24, 2.45) is 0 Å². The zero-order chi connectivity index (χ0) is 51.9. The number of carboxylic acid groups (broad SMARTS) is 2. The molecule has 0 bridgehead atoms. The smallest absolute Gasteiger partial charge is 0.460 e. The number of aliphatic carboxylic acids is 2. The highest BCUT2D eigenvalue weighted by Crippen LogP contribution is 2.71. The van der Waals surface area contributed by atoms with Gasteiger partial charge in [0.1, 0.15) is 0 Å². The van der Waals surface area contributed by atoms with Gasteiger partial charge < -0.3 is 10.2 Å². The van der Waals surface area contributed by atoms with Crippen LogP contribution in [0.5, 0.6) is 0 Å². The number of halogens is 34. The van der Waals surface area contributed by atoms with Crippen LogP contribution in [0, 0.1) is 0 Å². The van der Waals surface area contributed by atoms with Gasteiger partial charge in [0.25, 0.3) is 0 Å². The maximum Gasteiger partial charge on any atom is 0.460 e. The van der Waals surface area contributed by atoms with E-state index in [1.54, 1.807) is 0 Å². The zero-order valence-electron chi connectivity index (χ0n) is 27.7. The third-order valence-corrected chi connectivity index (χ3v) is 10.5. The van der Waals surface area contributed by atoms with Gasteiger partial charge in [0, 0.05) is 12.8 Å². The molecule has 0 radical (unpaired) electrons. The standard InChI is InChI=1S/C23H10F34O4S2/c24-8(25,12(32,33)16(40,41)20(48,49)50)10(28,29)14(36,37)18(44,45)22(54,55)62-7(3-1-5(58)59,4-2-6(60)61)63-23(56,57)19(46,47)15(38,39)11(30,31)9(26,27)13(34,35)17(42,43)21(51,52)53/h1-4H2,(H,58,59)(H,60,61). The number of carboxylic acids is 2. The number of rotatable bonds is 22. The quantitative estimate of drug-likeness (QED) is 0.0831. The number of hydrogen-bond acceptors (Lipinski definition) is 4. The molecule has 0 rings (SSSR count). The molecule has 4 nitrogen and oxygen atoms in total. The summed E-state index contributed by atoms with van der Waals surface area (Å²) in [5.41, 5.74) is 0. The summed E-state index contributed by atoms with van der Waals surface area (Å²) in [5.74, 6) is -117. The molecule has 0 fully saturated rings. The van der Waals surface area contributed by atoms with Crippen LogP contribution in [0.25, 0.3) is 0 Å². The van der Waals surface area contributed by atoms with Gasteiger partial charge in [-0.25, -0.2) is 0 Å². The van der Waals surface area contributed by atoms with E-state index in [1.807, 2.05) is 0 Å². The van der Waals surface area contributed by atoms with E-state index in [9.17, 15) is 159 Å². The molecule has 0 amide bonds. The Hall–Kier alpha value is -2.74. The molecule has 0 aliphatic heterocycles. The van der Waals surface area contributed by atoms with Crippen molar-refractivity contribution in [1.29, 1.82) is 0 Å². The van der Waals surface area contributed by atoms with Crippen molar-refractivity contribution in [1.82, 2.24) is 0 Å². The largest absolute Gasteiger partial charge is 0.481 e. The van der Waals surface area contributed by atoms with Crippen molar-refractivity contribution in [3.8, 4) is 0 Å². The molecule has 0 heterocycles. The minimum Gasteiger partial charge on any atom is -0.481 e. The molecule has 0 aromatic rings. The molecule has 0 spiro atoms. The molecule has 0 saturated heterocycles. The Labute approximate surface area is 329 Å². The molecule has 0 atom stereocenters. The second kappa shape index (κ2) is 16.2. The maximum atomic E-state index is 15.0. The van der Waals surface area contributed by atoms with E-state index in [4.69, 9.17) is 10.2 Å². The summed E-state index contributed by atoms with van der Waals surface area (Å²) < 4.78 is 462. The van der Waals surface area contributed by atoms with Crippen LogP contribution in [0.2, 0.25) is 0 Å². The summed E-state index contributed by atoms with van der Waals surface area (Å²) in [6.07, 6.45) is -28.1. The third kappa shape index (κ3) is 8.96. The number of thioether (sulfide) groups is 2. The molecular formula is C23H10F34O4S2. The van der Waals surface area contributed by atoms with E-state index in [-0.39, 0.29) is 0 Å². The fourth-order valence-electron chi connectivity index (χ4n) is 3.84. The third-order valence-electron chi connectivity index (χ3n) is 7.45.